The number of oxime groups is 1. The molecule has 7 heteroatoms. The maximum Gasteiger partial charge on any atom is 0.230 e. The second-order valence-electron chi connectivity index (χ2n) is 8.42. The predicted octanol–water partition coefficient (Wildman–Crippen LogP) is 4.91. The lowest BCUT2D eigenvalue weighted by Crippen LogP contribution is -2.51. The Bertz CT molecular complexity index is 935. The highest BCUT2D eigenvalue weighted by Crippen LogP contribution is 2.30. The van der Waals surface area contributed by atoms with Gasteiger partial charge < -0.3 is 14.8 Å². The summed E-state index contributed by atoms with van der Waals surface area (Å²) in [6, 6.07) is 10.7. The quantitative estimate of drug-likeness (QED) is 0.234. The molecule has 2 aromatic rings. The molecule has 0 atom stereocenters. The summed E-state index contributed by atoms with van der Waals surface area (Å²) in [7, 11) is 0. The number of ether oxygens (including phenoxy) is 1. The van der Waals surface area contributed by atoms with Gasteiger partial charge >= 0.3 is 0 Å². The van der Waals surface area contributed by atoms with Gasteiger partial charge in [-0.25, -0.2) is 4.98 Å². The SMILES string of the molecule is CSc1ccc(Oc2nc(C)ccc2/C(=N/O)N2CCN(C3CCCC3)CC2)cc1C. The van der Waals surface area contributed by atoms with Crippen LogP contribution in [0.25, 0.3) is 0 Å². The normalized spacial score (nSPS) is 18.5. The fourth-order valence-electron chi connectivity index (χ4n) is 4.66. The minimum atomic E-state index is 0.474. The Morgan fingerprint density at radius 1 is 1.10 bits per heavy atom. The van der Waals surface area contributed by atoms with E-state index in [9.17, 15) is 5.21 Å². The Hall–Kier alpha value is -2.25. The van der Waals surface area contributed by atoms with Crippen molar-refractivity contribution in [2.45, 2.75) is 50.5 Å². The van der Waals surface area contributed by atoms with E-state index in [1.165, 1.54) is 36.1 Å². The van der Waals surface area contributed by atoms with Crippen molar-refractivity contribution in [3.8, 4) is 11.6 Å². The Morgan fingerprint density at radius 3 is 2.48 bits per heavy atom. The predicted molar refractivity (Wildman–Crippen MR) is 126 cm³/mol. The molecular formula is C24H32N4O2S. The Balaban J connectivity index is 1.53. The third-order valence-electron chi connectivity index (χ3n) is 6.37. The van der Waals surface area contributed by atoms with Crippen molar-refractivity contribution in [3.05, 3.63) is 47.2 Å². The Kier molecular flexibility index (Phi) is 7.02. The molecule has 1 aromatic heterocycles. The molecule has 1 aliphatic carbocycles. The molecule has 6 nitrogen and oxygen atoms in total. The smallest absolute Gasteiger partial charge is 0.230 e. The second kappa shape index (κ2) is 9.92. The number of aryl methyl sites for hydroxylation is 2. The second-order valence-corrected chi connectivity index (χ2v) is 9.27. The summed E-state index contributed by atoms with van der Waals surface area (Å²) in [6.07, 6.45) is 7.40. The molecule has 1 aliphatic heterocycles. The van der Waals surface area contributed by atoms with Gasteiger partial charge in [-0.1, -0.05) is 18.0 Å². The van der Waals surface area contributed by atoms with Crippen LogP contribution in [0.15, 0.2) is 40.4 Å². The average Bonchev–Trinajstić information content (AvgIpc) is 3.31. The van der Waals surface area contributed by atoms with Crippen LogP contribution in [0.2, 0.25) is 0 Å². The summed E-state index contributed by atoms with van der Waals surface area (Å²) >= 11 is 1.72. The van der Waals surface area contributed by atoms with Crippen molar-refractivity contribution in [1.82, 2.24) is 14.8 Å². The van der Waals surface area contributed by atoms with Gasteiger partial charge in [0.05, 0.1) is 5.56 Å². The number of piperazine rings is 1. The molecule has 1 saturated heterocycles. The number of benzene rings is 1. The molecule has 1 aromatic carbocycles. The van der Waals surface area contributed by atoms with E-state index in [0.717, 1.165) is 43.7 Å². The minimum absolute atomic E-state index is 0.474. The van der Waals surface area contributed by atoms with Crippen LogP contribution in [0.1, 0.15) is 42.5 Å². The molecule has 166 valence electrons. The van der Waals surface area contributed by atoms with Gasteiger partial charge in [-0.15, -0.1) is 11.8 Å². The number of pyridine rings is 1. The lowest BCUT2D eigenvalue weighted by Gasteiger charge is -2.39. The highest BCUT2D eigenvalue weighted by atomic mass is 32.2. The zero-order valence-corrected chi connectivity index (χ0v) is 19.5. The summed E-state index contributed by atoms with van der Waals surface area (Å²) in [4.78, 5) is 10.6. The molecule has 31 heavy (non-hydrogen) atoms. The van der Waals surface area contributed by atoms with Gasteiger partial charge in [0.15, 0.2) is 5.84 Å². The zero-order valence-electron chi connectivity index (χ0n) is 18.7. The maximum absolute atomic E-state index is 9.93. The Labute approximate surface area is 189 Å². The van der Waals surface area contributed by atoms with Gasteiger partial charge in [-0.05, 0) is 68.8 Å². The van der Waals surface area contributed by atoms with Gasteiger partial charge in [-0.2, -0.15) is 0 Å². The van der Waals surface area contributed by atoms with E-state index in [2.05, 4.69) is 39.2 Å². The van der Waals surface area contributed by atoms with Crippen LogP contribution in [0.3, 0.4) is 0 Å². The lowest BCUT2D eigenvalue weighted by atomic mass is 10.1. The Morgan fingerprint density at radius 2 is 1.84 bits per heavy atom. The molecule has 0 unspecified atom stereocenters. The highest BCUT2D eigenvalue weighted by Gasteiger charge is 2.29. The van der Waals surface area contributed by atoms with Crippen LogP contribution >= 0.6 is 11.8 Å². The number of nitrogens with zero attached hydrogens (tertiary/aromatic N) is 4. The van der Waals surface area contributed by atoms with E-state index in [1.807, 2.05) is 31.2 Å². The van der Waals surface area contributed by atoms with E-state index < -0.39 is 0 Å². The van der Waals surface area contributed by atoms with Gasteiger partial charge in [0.2, 0.25) is 5.88 Å². The van der Waals surface area contributed by atoms with Gasteiger partial charge in [0.25, 0.3) is 0 Å². The maximum atomic E-state index is 9.93. The van der Waals surface area contributed by atoms with E-state index in [-0.39, 0.29) is 0 Å². The first-order valence-electron chi connectivity index (χ1n) is 11.1. The molecule has 1 N–H and O–H groups in total. The molecule has 2 heterocycles. The molecule has 0 bridgehead atoms. The van der Waals surface area contributed by atoms with Gasteiger partial charge in [0.1, 0.15) is 5.75 Å². The summed E-state index contributed by atoms with van der Waals surface area (Å²) in [5, 5.41) is 13.6. The third-order valence-corrected chi connectivity index (χ3v) is 7.27. The number of thioether (sulfide) groups is 1. The molecule has 0 amide bonds. The minimum Gasteiger partial charge on any atom is -0.438 e. The fourth-order valence-corrected chi connectivity index (χ4v) is 5.25. The van der Waals surface area contributed by atoms with Crippen molar-refractivity contribution in [1.29, 1.82) is 0 Å². The number of aromatic nitrogens is 1. The first-order valence-corrected chi connectivity index (χ1v) is 12.3. The molecule has 2 fully saturated rings. The number of rotatable bonds is 5. The van der Waals surface area contributed by atoms with Crippen molar-refractivity contribution in [2.75, 3.05) is 32.4 Å². The lowest BCUT2D eigenvalue weighted by molar-refractivity contribution is 0.131. The highest BCUT2D eigenvalue weighted by molar-refractivity contribution is 7.98. The molecule has 2 aliphatic rings. The largest absolute Gasteiger partial charge is 0.438 e. The molecular weight excluding hydrogens is 408 g/mol. The van der Waals surface area contributed by atoms with E-state index >= 15 is 0 Å². The van der Waals surface area contributed by atoms with Gasteiger partial charge in [-0.3, -0.25) is 4.90 Å². The number of hydrogen-bond acceptors (Lipinski definition) is 6. The van der Waals surface area contributed by atoms with Crippen molar-refractivity contribution in [2.24, 2.45) is 5.16 Å². The first kappa shape index (κ1) is 22.0. The molecule has 0 radical (unpaired) electrons. The summed E-state index contributed by atoms with van der Waals surface area (Å²) in [5.41, 5.74) is 2.74. The summed E-state index contributed by atoms with van der Waals surface area (Å²) < 4.78 is 6.20. The van der Waals surface area contributed by atoms with Crippen LogP contribution < -0.4 is 4.74 Å². The van der Waals surface area contributed by atoms with Crippen LogP contribution in [0.5, 0.6) is 11.6 Å². The fraction of sp³-hybridized carbons (Fsp3) is 0.500. The zero-order chi connectivity index (χ0) is 21.8. The molecule has 4 rings (SSSR count). The molecule has 0 spiro atoms. The topological polar surface area (TPSA) is 61.2 Å². The monoisotopic (exact) mass is 440 g/mol. The first-order chi connectivity index (χ1) is 15.1. The average molecular weight is 441 g/mol. The number of amidine groups is 1. The van der Waals surface area contributed by atoms with Crippen LogP contribution in [-0.4, -0.2) is 64.3 Å². The summed E-state index contributed by atoms with van der Waals surface area (Å²) in [6.45, 7) is 7.68. The van der Waals surface area contributed by atoms with Crippen LogP contribution in [0.4, 0.5) is 0 Å². The summed E-state index contributed by atoms with van der Waals surface area (Å²) in [5.74, 6) is 1.74. The third kappa shape index (κ3) is 4.99. The number of hydrogen-bond donors (Lipinski definition) is 1. The van der Waals surface area contributed by atoms with Crippen molar-refractivity contribution < 1.29 is 9.94 Å². The standard InChI is InChI=1S/C24H32N4O2S/c1-17-16-20(9-11-22(17)31-3)30-24-21(10-8-18(2)25-24)23(26-29)28-14-12-27(13-15-28)19-6-4-5-7-19/h8-11,16,19,29H,4-7,12-15H2,1-3H3/b26-23-. The van der Waals surface area contributed by atoms with Crippen LogP contribution in [-0.2, 0) is 0 Å². The van der Waals surface area contributed by atoms with Crippen molar-refractivity contribution in [3.63, 3.8) is 0 Å². The molecule has 1 saturated carbocycles. The van der Waals surface area contributed by atoms with E-state index in [0.29, 0.717) is 17.3 Å². The van der Waals surface area contributed by atoms with Crippen LogP contribution in [0, 0.1) is 13.8 Å². The van der Waals surface area contributed by atoms with Gasteiger partial charge in [0, 0.05) is 42.8 Å². The van der Waals surface area contributed by atoms with E-state index in [1.54, 1.807) is 11.8 Å². The van der Waals surface area contributed by atoms with E-state index in [4.69, 9.17) is 4.74 Å². The van der Waals surface area contributed by atoms with Crippen molar-refractivity contribution >= 4 is 17.6 Å².